The third kappa shape index (κ3) is 1.92. The zero-order valence-corrected chi connectivity index (χ0v) is 10.2. The van der Waals surface area contributed by atoms with Crippen molar-refractivity contribution in [2.24, 2.45) is 5.11 Å². The fourth-order valence-electron chi connectivity index (χ4n) is 2.07. The van der Waals surface area contributed by atoms with E-state index in [9.17, 15) is 4.79 Å². The van der Waals surface area contributed by atoms with Crippen LogP contribution < -0.4 is 0 Å². The zero-order valence-electron chi connectivity index (χ0n) is 10.2. The van der Waals surface area contributed by atoms with Crippen molar-refractivity contribution in [2.45, 2.75) is 20.3 Å². The van der Waals surface area contributed by atoms with Gasteiger partial charge in [-0.2, -0.15) is 0 Å². The Labute approximate surface area is 104 Å². The van der Waals surface area contributed by atoms with Crippen LogP contribution in [0.1, 0.15) is 28.4 Å². The van der Waals surface area contributed by atoms with Gasteiger partial charge in [-0.25, -0.2) is 4.98 Å². The van der Waals surface area contributed by atoms with E-state index in [1.165, 1.54) is 0 Å². The molecule has 0 spiro atoms. The molecule has 0 saturated carbocycles. The number of fused-ring (bicyclic) bond motifs is 1. The fourth-order valence-corrected chi connectivity index (χ4v) is 2.07. The molecule has 0 fully saturated rings. The highest BCUT2D eigenvalue weighted by molar-refractivity contribution is 5.95. The van der Waals surface area contributed by atoms with E-state index < -0.39 is 0 Å². The molecule has 2 rings (SSSR count). The van der Waals surface area contributed by atoms with Crippen molar-refractivity contribution in [3.63, 3.8) is 0 Å². The van der Waals surface area contributed by atoms with E-state index in [4.69, 9.17) is 5.53 Å². The lowest BCUT2D eigenvalue weighted by atomic mass is 10.00. The maximum absolute atomic E-state index is 11.2. The molecule has 0 aliphatic carbocycles. The average Bonchev–Trinajstić information content (AvgIpc) is 2.38. The van der Waals surface area contributed by atoms with Gasteiger partial charge >= 0.3 is 0 Å². The molecule has 18 heavy (non-hydrogen) atoms. The maximum Gasteiger partial charge on any atom is 0.152 e. The number of hydrogen-bond acceptors (Lipinski definition) is 3. The molecule has 1 aromatic carbocycles. The van der Waals surface area contributed by atoms with Gasteiger partial charge in [-0.15, -0.1) is 0 Å². The summed E-state index contributed by atoms with van der Waals surface area (Å²) in [6.07, 6.45) is 1.39. The lowest BCUT2D eigenvalue weighted by Crippen LogP contribution is -1.97. The number of carbonyl (C=O) groups is 1. The van der Waals surface area contributed by atoms with E-state index in [1.807, 2.05) is 32.0 Å². The van der Waals surface area contributed by atoms with Gasteiger partial charge in [-0.3, -0.25) is 4.79 Å². The smallest absolute Gasteiger partial charge is 0.152 e. The molecular formula is C13H12N4O. The minimum atomic E-state index is 0.153. The van der Waals surface area contributed by atoms with E-state index in [0.29, 0.717) is 18.3 Å². The lowest BCUT2D eigenvalue weighted by Gasteiger charge is -2.10. The summed E-state index contributed by atoms with van der Waals surface area (Å²) < 4.78 is 0. The van der Waals surface area contributed by atoms with E-state index in [0.717, 1.165) is 22.0 Å². The van der Waals surface area contributed by atoms with Crippen LogP contribution in [0.4, 0.5) is 5.82 Å². The van der Waals surface area contributed by atoms with Crippen molar-refractivity contribution in [3.8, 4) is 0 Å². The first-order chi connectivity index (χ1) is 8.71. The second-order valence-corrected chi connectivity index (χ2v) is 4.01. The summed E-state index contributed by atoms with van der Waals surface area (Å²) in [6.45, 7) is 3.95. The average molecular weight is 240 g/mol. The number of aryl methyl sites for hydroxylation is 2. The molecule has 0 bridgehead atoms. The Bertz CT molecular complexity index is 672. The molecule has 0 atom stereocenters. The SMILES string of the molecule is CCc1c(C=O)c(N=[N+]=[N-])nc2ccc(C)cc12. The minimum absolute atomic E-state index is 0.153. The van der Waals surface area contributed by atoms with Crippen molar-refractivity contribution in [1.29, 1.82) is 0 Å². The van der Waals surface area contributed by atoms with E-state index >= 15 is 0 Å². The highest BCUT2D eigenvalue weighted by Crippen LogP contribution is 2.28. The van der Waals surface area contributed by atoms with Gasteiger partial charge in [0, 0.05) is 15.9 Å². The number of pyridine rings is 1. The minimum Gasteiger partial charge on any atom is -0.298 e. The first-order valence-corrected chi connectivity index (χ1v) is 5.64. The van der Waals surface area contributed by atoms with Crippen molar-refractivity contribution in [1.82, 2.24) is 4.98 Å². The Morgan fingerprint density at radius 1 is 1.50 bits per heavy atom. The summed E-state index contributed by atoms with van der Waals surface area (Å²) in [5.74, 6) is 0.153. The van der Waals surface area contributed by atoms with Gasteiger partial charge in [0.05, 0.1) is 5.52 Å². The van der Waals surface area contributed by atoms with Crippen molar-refractivity contribution < 1.29 is 4.79 Å². The Morgan fingerprint density at radius 2 is 2.28 bits per heavy atom. The molecule has 90 valence electrons. The molecule has 1 aromatic heterocycles. The number of aromatic nitrogens is 1. The number of nitrogens with zero attached hydrogens (tertiary/aromatic N) is 4. The molecule has 0 unspecified atom stereocenters. The Morgan fingerprint density at radius 3 is 2.89 bits per heavy atom. The Kier molecular flexibility index (Phi) is 3.26. The van der Waals surface area contributed by atoms with Gasteiger partial charge in [-0.05, 0) is 41.7 Å². The van der Waals surface area contributed by atoms with Crippen molar-refractivity contribution in [2.75, 3.05) is 0 Å². The summed E-state index contributed by atoms with van der Waals surface area (Å²) in [5, 5.41) is 4.44. The molecule has 0 saturated heterocycles. The number of carbonyl (C=O) groups excluding carboxylic acids is 1. The molecule has 0 N–H and O–H groups in total. The van der Waals surface area contributed by atoms with Gasteiger partial charge in [0.2, 0.25) is 0 Å². The monoisotopic (exact) mass is 240 g/mol. The van der Waals surface area contributed by atoms with Crippen LogP contribution in [-0.2, 0) is 6.42 Å². The van der Waals surface area contributed by atoms with Gasteiger partial charge < -0.3 is 0 Å². The van der Waals surface area contributed by atoms with Crippen molar-refractivity contribution >= 4 is 23.0 Å². The van der Waals surface area contributed by atoms with E-state index in [2.05, 4.69) is 15.0 Å². The predicted molar refractivity (Wildman–Crippen MR) is 70.1 cm³/mol. The molecule has 0 radical (unpaired) electrons. The molecule has 5 heteroatoms. The van der Waals surface area contributed by atoms with Gasteiger partial charge in [-0.1, -0.05) is 18.6 Å². The zero-order chi connectivity index (χ0) is 13.1. The standard InChI is InChI=1S/C13H12N4O/c1-3-9-10-6-8(2)4-5-12(10)15-13(16-17-14)11(9)7-18/h4-7H,3H2,1-2H3. The molecule has 0 amide bonds. The van der Waals surface area contributed by atoms with Crippen LogP contribution >= 0.6 is 0 Å². The summed E-state index contributed by atoms with van der Waals surface area (Å²) >= 11 is 0. The molecular weight excluding hydrogens is 228 g/mol. The number of aldehydes is 1. The second kappa shape index (κ2) is 4.85. The summed E-state index contributed by atoms with van der Waals surface area (Å²) in [7, 11) is 0. The predicted octanol–water partition coefficient (Wildman–Crippen LogP) is 3.86. The van der Waals surface area contributed by atoms with Gasteiger partial charge in [0.1, 0.15) is 5.82 Å². The highest BCUT2D eigenvalue weighted by Gasteiger charge is 2.12. The normalized spacial score (nSPS) is 10.1. The number of hydrogen-bond donors (Lipinski definition) is 0. The van der Waals surface area contributed by atoms with Crippen LogP contribution in [0.5, 0.6) is 0 Å². The second-order valence-electron chi connectivity index (χ2n) is 4.01. The quantitative estimate of drug-likeness (QED) is 0.353. The van der Waals surface area contributed by atoms with Crippen LogP contribution in [0.25, 0.3) is 21.3 Å². The number of azide groups is 1. The van der Waals surface area contributed by atoms with Gasteiger partial charge in [0.25, 0.3) is 0 Å². The number of rotatable bonds is 3. The number of benzene rings is 1. The summed E-state index contributed by atoms with van der Waals surface area (Å²) in [5.41, 5.74) is 11.6. The van der Waals surface area contributed by atoms with Crippen LogP contribution in [-0.4, -0.2) is 11.3 Å². The Balaban J connectivity index is 2.94. The van der Waals surface area contributed by atoms with Crippen LogP contribution in [0.15, 0.2) is 23.3 Å². The van der Waals surface area contributed by atoms with Crippen LogP contribution in [0, 0.1) is 6.92 Å². The molecule has 5 nitrogen and oxygen atoms in total. The molecule has 0 aliphatic heterocycles. The van der Waals surface area contributed by atoms with Crippen molar-refractivity contribution in [3.05, 3.63) is 45.3 Å². The maximum atomic E-state index is 11.2. The molecule has 2 aromatic rings. The van der Waals surface area contributed by atoms with Crippen LogP contribution in [0.2, 0.25) is 0 Å². The van der Waals surface area contributed by atoms with E-state index in [1.54, 1.807) is 0 Å². The van der Waals surface area contributed by atoms with Crippen LogP contribution in [0.3, 0.4) is 0 Å². The molecule has 1 heterocycles. The topological polar surface area (TPSA) is 78.7 Å². The van der Waals surface area contributed by atoms with E-state index in [-0.39, 0.29) is 5.82 Å². The largest absolute Gasteiger partial charge is 0.298 e. The fraction of sp³-hybridized carbons (Fsp3) is 0.231. The summed E-state index contributed by atoms with van der Waals surface area (Å²) in [4.78, 5) is 18.1. The Hall–Kier alpha value is -2.39. The first-order valence-electron chi connectivity index (χ1n) is 5.64. The third-order valence-corrected chi connectivity index (χ3v) is 2.88. The lowest BCUT2D eigenvalue weighted by molar-refractivity contribution is 0.112. The third-order valence-electron chi connectivity index (χ3n) is 2.88. The summed E-state index contributed by atoms with van der Waals surface area (Å²) in [6, 6.07) is 5.80. The molecule has 0 aliphatic rings. The first kappa shape index (κ1) is 12.1. The highest BCUT2D eigenvalue weighted by atomic mass is 16.1. The van der Waals surface area contributed by atoms with Gasteiger partial charge in [0.15, 0.2) is 6.29 Å².